The summed E-state index contributed by atoms with van der Waals surface area (Å²) in [5.74, 6) is -0.514. The summed E-state index contributed by atoms with van der Waals surface area (Å²) in [5, 5.41) is 11.4. The number of hydrogen-bond acceptors (Lipinski definition) is 3. The molecule has 0 spiro atoms. The van der Waals surface area contributed by atoms with Crippen LogP contribution in [0.25, 0.3) is 5.69 Å². The number of aromatic nitrogens is 1. The van der Waals surface area contributed by atoms with E-state index in [0.717, 1.165) is 5.69 Å². The maximum atomic E-state index is 14.0. The van der Waals surface area contributed by atoms with Gasteiger partial charge in [-0.3, -0.25) is 4.79 Å². The van der Waals surface area contributed by atoms with Crippen molar-refractivity contribution in [3.8, 4) is 5.69 Å². The summed E-state index contributed by atoms with van der Waals surface area (Å²) in [4.78, 5) is 12.3. The Bertz CT molecular complexity index is 698. The van der Waals surface area contributed by atoms with Crippen LogP contribution < -0.4 is 5.32 Å². The molecule has 0 aliphatic rings. The fourth-order valence-corrected chi connectivity index (χ4v) is 2.63. The monoisotopic (exact) mass is 334 g/mol. The SMILES string of the molecule is Cc1cc(C(=O)NCCCOCCO)c(C)n1-c1ccccc1F. The van der Waals surface area contributed by atoms with Crippen molar-refractivity contribution >= 4 is 5.91 Å². The second-order valence-corrected chi connectivity index (χ2v) is 5.52. The first-order chi connectivity index (χ1) is 11.6. The number of hydrogen-bond donors (Lipinski definition) is 2. The van der Waals surface area contributed by atoms with Crippen molar-refractivity contribution in [3.63, 3.8) is 0 Å². The van der Waals surface area contributed by atoms with Crippen LogP contribution in [-0.2, 0) is 4.74 Å². The van der Waals surface area contributed by atoms with Crippen LogP contribution in [0.15, 0.2) is 30.3 Å². The molecule has 2 rings (SSSR count). The number of para-hydroxylation sites is 1. The normalized spacial score (nSPS) is 10.8. The highest BCUT2D eigenvalue weighted by Gasteiger charge is 2.17. The van der Waals surface area contributed by atoms with Gasteiger partial charge in [-0.15, -0.1) is 0 Å². The molecule has 0 aliphatic heterocycles. The third-order valence-corrected chi connectivity index (χ3v) is 3.76. The summed E-state index contributed by atoms with van der Waals surface area (Å²) < 4.78 is 20.9. The van der Waals surface area contributed by atoms with Gasteiger partial charge in [-0.05, 0) is 38.5 Å². The quantitative estimate of drug-likeness (QED) is 0.729. The average Bonchev–Trinajstić information content (AvgIpc) is 2.86. The number of aryl methyl sites for hydroxylation is 1. The first kappa shape index (κ1) is 18.2. The van der Waals surface area contributed by atoms with Gasteiger partial charge in [-0.2, -0.15) is 0 Å². The molecule has 0 bridgehead atoms. The van der Waals surface area contributed by atoms with Gasteiger partial charge in [0.05, 0.1) is 24.5 Å². The Kier molecular flexibility index (Phi) is 6.52. The minimum Gasteiger partial charge on any atom is -0.394 e. The standard InChI is InChI=1S/C18H23FN2O3/c1-13-12-15(18(23)20-8-5-10-24-11-9-22)14(2)21(13)17-7-4-3-6-16(17)19/h3-4,6-7,12,22H,5,8-11H2,1-2H3,(H,20,23). The highest BCUT2D eigenvalue weighted by Crippen LogP contribution is 2.22. The van der Waals surface area contributed by atoms with E-state index in [1.165, 1.54) is 6.07 Å². The second kappa shape index (κ2) is 8.61. The van der Waals surface area contributed by atoms with E-state index < -0.39 is 0 Å². The topological polar surface area (TPSA) is 63.5 Å². The van der Waals surface area contributed by atoms with Crippen molar-refractivity contribution in [3.05, 3.63) is 53.1 Å². The number of benzene rings is 1. The molecule has 5 nitrogen and oxygen atoms in total. The Hall–Kier alpha value is -2.18. The lowest BCUT2D eigenvalue weighted by Crippen LogP contribution is -2.25. The van der Waals surface area contributed by atoms with Crippen molar-refractivity contribution in [1.82, 2.24) is 9.88 Å². The number of ether oxygens (including phenoxy) is 1. The first-order valence-corrected chi connectivity index (χ1v) is 7.97. The molecule has 0 aliphatic carbocycles. The van der Waals surface area contributed by atoms with Crippen LogP contribution >= 0.6 is 0 Å². The minimum atomic E-state index is -0.327. The molecule has 24 heavy (non-hydrogen) atoms. The number of nitrogens with one attached hydrogen (secondary N) is 1. The first-order valence-electron chi connectivity index (χ1n) is 7.97. The zero-order chi connectivity index (χ0) is 17.5. The molecule has 1 heterocycles. The molecule has 1 aromatic heterocycles. The third-order valence-electron chi connectivity index (χ3n) is 3.76. The molecule has 0 radical (unpaired) electrons. The molecule has 1 aromatic carbocycles. The molecule has 0 atom stereocenters. The molecular weight excluding hydrogens is 311 g/mol. The van der Waals surface area contributed by atoms with Crippen LogP contribution in [0.1, 0.15) is 28.2 Å². The zero-order valence-electron chi connectivity index (χ0n) is 14.0. The summed E-state index contributed by atoms with van der Waals surface area (Å²) in [6, 6.07) is 8.26. The van der Waals surface area contributed by atoms with E-state index in [2.05, 4.69) is 5.32 Å². The summed E-state index contributed by atoms with van der Waals surface area (Å²) in [5.41, 5.74) is 2.47. The Morgan fingerprint density at radius 2 is 2.04 bits per heavy atom. The lowest BCUT2D eigenvalue weighted by molar-refractivity contribution is 0.0867. The van der Waals surface area contributed by atoms with Crippen LogP contribution in [0.5, 0.6) is 0 Å². The molecule has 2 aromatic rings. The molecule has 0 saturated heterocycles. The van der Waals surface area contributed by atoms with Crippen LogP contribution in [0.3, 0.4) is 0 Å². The number of aliphatic hydroxyl groups excluding tert-OH is 1. The van der Waals surface area contributed by atoms with Crippen LogP contribution in [0, 0.1) is 19.7 Å². The fourth-order valence-electron chi connectivity index (χ4n) is 2.63. The van der Waals surface area contributed by atoms with Gasteiger partial charge in [0, 0.05) is 24.5 Å². The smallest absolute Gasteiger partial charge is 0.253 e. The zero-order valence-corrected chi connectivity index (χ0v) is 14.0. The fraction of sp³-hybridized carbons (Fsp3) is 0.389. The Morgan fingerprint density at radius 3 is 2.75 bits per heavy atom. The molecule has 0 fully saturated rings. The van der Waals surface area contributed by atoms with E-state index >= 15 is 0 Å². The maximum absolute atomic E-state index is 14.0. The van der Waals surface area contributed by atoms with Gasteiger partial charge in [0.15, 0.2) is 0 Å². The minimum absolute atomic E-state index is 0.00556. The van der Waals surface area contributed by atoms with Gasteiger partial charge in [-0.1, -0.05) is 12.1 Å². The predicted molar refractivity (Wildman–Crippen MR) is 90.1 cm³/mol. The Labute approximate surface area is 141 Å². The Balaban J connectivity index is 2.06. The van der Waals surface area contributed by atoms with Crippen LogP contribution in [-0.4, -0.2) is 41.9 Å². The summed E-state index contributed by atoms with van der Waals surface area (Å²) in [7, 11) is 0. The van der Waals surface area contributed by atoms with Crippen molar-refractivity contribution in [2.75, 3.05) is 26.4 Å². The van der Waals surface area contributed by atoms with Crippen LogP contribution in [0.2, 0.25) is 0 Å². The van der Waals surface area contributed by atoms with E-state index in [9.17, 15) is 9.18 Å². The average molecular weight is 334 g/mol. The van der Waals surface area contributed by atoms with E-state index in [4.69, 9.17) is 9.84 Å². The number of carbonyl (C=O) groups excluding carboxylic acids is 1. The largest absolute Gasteiger partial charge is 0.394 e. The van der Waals surface area contributed by atoms with Crippen LogP contribution in [0.4, 0.5) is 4.39 Å². The Morgan fingerprint density at radius 1 is 1.29 bits per heavy atom. The summed E-state index contributed by atoms with van der Waals surface area (Å²) >= 11 is 0. The second-order valence-electron chi connectivity index (χ2n) is 5.52. The number of carbonyl (C=O) groups is 1. The van der Waals surface area contributed by atoms with Crippen molar-refractivity contribution in [2.45, 2.75) is 20.3 Å². The van der Waals surface area contributed by atoms with E-state index in [1.54, 1.807) is 35.8 Å². The van der Waals surface area contributed by atoms with E-state index in [-0.39, 0.29) is 18.3 Å². The van der Waals surface area contributed by atoms with E-state index in [0.29, 0.717) is 43.1 Å². The van der Waals surface area contributed by atoms with Gasteiger partial charge in [-0.25, -0.2) is 4.39 Å². The van der Waals surface area contributed by atoms with Crippen molar-refractivity contribution < 1.29 is 19.0 Å². The molecule has 130 valence electrons. The highest BCUT2D eigenvalue weighted by atomic mass is 19.1. The maximum Gasteiger partial charge on any atom is 0.253 e. The van der Waals surface area contributed by atoms with Gasteiger partial charge >= 0.3 is 0 Å². The number of rotatable bonds is 8. The molecule has 0 saturated carbocycles. The van der Waals surface area contributed by atoms with Gasteiger partial charge < -0.3 is 19.7 Å². The van der Waals surface area contributed by atoms with Crippen molar-refractivity contribution in [2.24, 2.45) is 0 Å². The molecular formula is C18H23FN2O3. The van der Waals surface area contributed by atoms with Gasteiger partial charge in [0.1, 0.15) is 5.82 Å². The lowest BCUT2D eigenvalue weighted by Gasteiger charge is -2.11. The molecule has 2 N–H and O–H groups in total. The number of aliphatic hydroxyl groups is 1. The lowest BCUT2D eigenvalue weighted by atomic mass is 10.2. The number of halogens is 1. The molecule has 1 amide bonds. The summed E-state index contributed by atoms with van der Waals surface area (Å²) in [6.07, 6.45) is 0.664. The number of amides is 1. The number of nitrogens with zero attached hydrogens (tertiary/aromatic N) is 1. The molecule has 0 unspecified atom stereocenters. The van der Waals surface area contributed by atoms with Gasteiger partial charge in [0.2, 0.25) is 0 Å². The van der Waals surface area contributed by atoms with Crippen molar-refractivity contribution in [1.29, 1.82) is 0 Å². The van der Waals surface area contributed by atoms with Gasteiger partial charge in [0.25, 0.3) is 5.91 Å². The molecule has 6 heteroatoms. The summed E-state index contributed by atoms with van der Waals surface area (Å²) in [6.45, 7) is 4.91. The highest BCUT2D eigenvalue weighted by molar-refractivity contribution is 5.95. The third kappa shape index (κ3) is 4.21. The van der Waals surface area contributed by atoms with E-state index in [1.807, 2.05) is 6.92 Å². The predicted octanol–water partition coefficient (Wildman–Crippen LogP) is 2.36.